The molecule has 6 nitrogen and oxygen atoms in total. The van der Waals surface area contributed by atoms with Crippen molar-refractivity contribution in [1.82, 2.24) is 0 Å². The van der Waals surface area contributed by atoms with Gasteiger partial charge in [-0.25, -0.2) is 0 Å². The third-order valence-electron chi connectivity index (χ3n) is 2.30. The van der Waals surface area contributed by atoms with Gasteiger partial charge in [-0.05, 0) is 12.0 Å². The molecule has 0 bridgehead atoms. The maximum absolute atomic E-state index is 11.3. The topological polar surface area (TPSA) is 110 Å². The Kier molecular flexibility index (Phi) is 18.8. The number of carboxylic acid groups (broad SMARTS) is 1. The van der Waals surface area contributed by atoms with Crippen LogP contribution < -0.4 is 64.2 Å². The molecule has 0 spiro atoms. The normalized spacial score (nSPS) is 9.65. The van der Waals surface area contributed by atoms with Crippen molar-refractivity contribution in [2.45, 2.75) is 19.8 Å². The van der Waals surface area contributed by atoms with Gasteiger partial charge in [0.25, 0.3) is 0 Å². The van der Waals surface area contributed by atoms with E-state index in [-0.39, 0.29) is 77.7 Å². The minimum Gasteiger partial charge on any atom is -0.549 e. The third-order valence-corrected chi connectivity index (χ3v) is 2.30. The molecule has 0 radical (unpaired) electrons. The average Bonchev–Trinajstić information content (AvgIpc) is 2.37. The van der Waals surface area contributed by atoms with E-state index in [0.29, 0.717) is 0 Å². The van der Waals surface area contributed by atoms with Crippen molar-refractivity contribution >= 4 is 11.8 Å². The number of benzene rings is 1. The monoisotopic (exact) mass is 297 g/mol. The van der Waals surface area contributed by atoms with Gasteiger partial charge in [-0.1, -0.05) is 37.3 Å². The first-order chi connectivity index (χ1) is 8.56. The van der Waals surface area contributed by atoms with E-state index in [9.17, 15) is 14.7 Å². The van der Waals surface area contributed by atoms with Gasteiger partial charge in [0.15, 0.2) is 0 Å². The van der Waals surface area contributed by atoms with Gasteiger partial charge in [-0.15, -0.1) is 5.34 Å². The molecule has 0 aromatic heterocycles. The van der Waals surface area contributed by atoms with Crippen molar-refractivity contribution in [2.24, 2.45) is 11.3 Å². The summed E-state index contributed by atoms with van der Waals surface area (Å²) in [5, 5.41) is 19.8. The molecule has 8 heteroatoms. The molecule has 0 amide bonds. The predicted molar refractivity (Wildman–Crippen MR) is 63.1 cm³/mol. The van der Waals surface area contributed by atoms with Crippen LogP contribution >= 0.6 is 0 Å². The maximum Gasteiger partial charge on any atom is 1.00 e. The fraction of sp³-hybridized carbons (Fsp3) is 0.333. The van der Waals surface area contributed by atoms with Gasteiger partial charge >= 0.3 is 59.1 Å². The van der Waals surface area contributed by atoms with Crippen LogP contribution in [-0.2, 0) is 16.0 Å². The molecule has 1 aromatic rings. The number of ketones is 1. The number of hydrogen-bond donors (Lipinski definition) is 0. The van der Waals surface area contributed by atoms with E-state index in [1.54, 1.807) is 19.1 Å². The van der Waals surface area contributed by atoms with Gasteiger partial charge in [0.05, 0.1) is 11.9 Å². The molecule has 0 aliphatic carbocycles. The van der Waals surface area contributed by atoms with E-state index in [0.717, 1.165) is 10.9 Å². The Bertz CT molecular complexity index is 400. The molecule has 1 rings (SSSR count). The summed E-state index contributed by atoms with van der Waals surface area (Å²) in [6, 6.07) is 9.09. The number of aliphatic carboxylic acids is 1. The fourth-order valence-corrected chi connectivity index (χ4v) is 1.42. The second kappa shape index (κ2) is 15.2. The zero-order chi connectivity index (χ0) is 14.0. The van der Waals surface area contributed by atoms with Crippen LogP contribution in [0.3, 0.4) is 0 Å². The minimum atomic E-state index is -1.29. The molecule has 20 heavy (non-hydrogen) atoms. The summed E-state index contributed by atoms with van der Waals surface area (Å²) in [7, 11) is 0. The maximum atomic E-state index is 11.3. The Morgan fingerprint density at radius 1 is 1.20 bits per heavy atom. The number of carbonyl (C=O) groups excluding carboxylic acids is 2. The van der Waals surface area contributed by atoms with Crippen molar-refractivity contribution in [2.75, 3.05) is 0 Å². The molecule has 1 aromatic carbocycles. The molecule has 98 valence electrons. The van der Waals surface area contributed by atoms with Crippen LogP contribution in [0, 0.1) is 16.0 Å². The molecule has 0 fully saturated rings. The SMILES string of the molecule is CCC(=O)C(Cc1ccccc1)C(=O)[O-].O=N[O-].[Na+].[Na+]. The van der Waals surface area contributed by atoms with Crippen molar-refractivity contribution in [3.63, 3.8) is 0 Å². The van der Waals surface area contributed by atoms with E-state index < -0.39 is 11.9 Å². The smallest absolute Gasteiger partial charge is 0.549 e. The summed E-state index contributed by atoms with van der Waals surface area (Å²) in [6.07, 6.45) is 0.446. The number of carbonyl (C=O) groups is 2. The number of hydrogen-bond acceptors (Lipinski definition) is 6. The number of nitrogens with zero attached hydrogens (tertiary/aromatic N) is 1. The molecule has 0 aliphatic heterocycles. The summed E-state index contributed by atoms with van der Waals surface area (Å²) >= 11 is 0. The molecule has 1 unspecified atom stereocenters. The van der Waals surface area contributed by atoms with Gasteiger partial charge in [0, 0.05) is 6.42 Å². The van der Waals surface area contributed by atoms with E-state index in [4.69, 9.17) is 10.1 Å². The largest absolute Gasteiger partial charge is 1.00 e. The summed E-state index contributed by atoms with van der Waals surface area (Å²) in [5.41, 5.74) is 0.841. The Morgan fingerprint density at radius 2 is 1.65 bits per heavy atom. The average molecular weight is 297 g/mol. The molecule has 0 N–H and O–H groups in total. The van der Waals surface area contributed by atoms with Crippen molar-refractivity contribution in [1.29, 1.82) is 0 Å². The Labute approximate surface area is 161 Å². The van der Waals surface area contributed by atoms with Crippen LogP contribution in [0.2, 0.25) is 0 Å². The van der Waals surface area contributed by atoms with E-state index in [2.05, 4.69) is 0 Å². The van der Waals surface area contributed by atoms with Crippen LogP contribution in [0.15, 0.2) is 35.7 Å². The van der Waals surface area contributed by atoms with E-state index in [1.165, 1.54) is 0 Å². The molecule has 1 atom stereocenters. The molecule has 0 saturated heterocycles. The van der Waals surface area contributed by atoms with Gasteiger partial charge in [-0.3, -0.25) is 4.79 Å². The van der Waals surface area contributed by atoms with Gasteiger partial charge in [0.1, 0.15) is 5.78 Å². The number of rotatable bonds is 5. The van der Waals surface area contributed by atoms with Gasteiger partial charge < -0.3 is 20.0 Å². The summed E-state index contributed by atoms with van der Waals surface area (Å²) in [5.74, 6) is -2.58. The minimum absolute atomic E-state index is 0. The van der Waals surface area contributed by atoms with Gasteiger partial charge in [-0.2, -0.15) is 0 Å². The molecule has 0 aliphatic rings. The molecular formula is C12H13NNa2O5. The third kappa shape index (κ3) is 10.5. The molecule has 0 heterocycles. The number of carboxylic acids is 1. The zero-order valence-corrected chi connectivity index (χ0v) is 15.9. The van der Waals surface area contributed by atoms with Crippen molar-refractivity contribution in [3.05, 3.63) is 46.0 Å². The first-order valence-corrected chi connectivity index (χ1v) is 5.29. The molecule has 0 saturated carbocycles. The second-order valence-corrected chi connectivity index (χ2v) is 3.46. The second-order valence-electron chi connectivity index (χ2n) is 3.46. The summed E-state index contributed by atoms with van der Waals surface area (Å²) in [4.78, 5) is 30.1. The van der Waals surface area contributed by atoms with Crippen LogP contribution in [0.5, 0.6) is 0 Å². The van der Waals surface area contributed by atoms with Gasteiger partial charge in [0.2, 0.25) is 0 Å². The fourth-order valence-electron chi connectivity index (χ4n) is 1.42. The summed E-state index contributed by atoms with van der Waals surface area (Å²) < 4.78 is 0. The Morgan fingerprint density at radius 3 is 2.00 bits per heavy atom. The molecular weight excluding hydrogens is 284 g/mol. The van der Waals surface area contributed by atoms with Crippen molar-refractivity contribution < 1.29 is 73.8 Å². The zero-order valence-electron chi connectivity index (χ0n) is 11.9. The standard InChI is InChI=1S/C12H14O3.HNO2.2Na/c1-2-11(13)10(12(14)15)8-9-6-4-3-5-7-9;2-1-3;;/h3-7,10H,2,8H2,1H3,(H,14,15);(H,2,3);;/q;;2*+1/p-2. The Hall–Kier alpha value is -0.240. The van der Waals surface area contributed by atoms with Crippen LogP contribution in [0.1, 0.15) is 18.9 Å². The predicted octanol–water partition coefficient (Wildman–Crippen LogP) is -5.17. The Balaban J connectivity index is -0.000000530. The van der Waals surface area contributed by atoms with E-state index >= 15 is 0 Å². The quantitative estimate of drug-likeness (QED) is 0.233. The first kappa shape index (κ1) is 24.8. The number of Topliss-reactive ketones (excluding diaryl/α,β-unsaturated/α-hetero) is 1. The van der Waals surface area contributed by atoms with Crippen LogP contribution in [0.25, 0.3) is 0 Å². The van der Waals surface area contributed by atoms with E-state index in [1.807, 2.05) is 18.2 Å². The van der Waals surface area contributed by atoms with Crippen LogP contribution in [-0.4, -0.2) is 11.8 Å². The summed E-state index contributed by atoms with van der Waals surface area (Å²) in [6.45, 7) is 1.66. The van der Waals surface area contributed by atoms with Crippen molar-refractivity contribution in [3.8, 4) is 0 Å². The van der Waals surface area contributed by atoms with Crippen LogP contribution in [0.4, 0.5) is 0 Å². The first-order valence-electron chi connectivity index (χ1n) is 5.29.